The molecule has 0 radical (unpaired) electrons. The lowest BCUT2D eigenvalue weighted by Gasteiger charge is -2.43. The molecule has 8 nitrogen and oxygen atoms in total. The summed E-state index contributed by atoms with van der Waals surface area (Å²) in [5.41, 5.74) is 3.53. The van der Waals surface area contributed by atoms with Crippen molar-refractivity contribution in [2.24, 2.45) is 0 Å². The summed E-state index contributed by atoms with van der Waals surface area (Å²) < 4.78 is 6.17. The van der Waals surface area contributed by atoms with Gasteiger partial charge in [0.1, 0.15) is 29.4 Å². The van der Waals surface area contributed by atoms with Crippen molar-refractivity contribution in [1.82, 2.24) is 25.1 Å². The number of fused-ring (bicyclic) bond motifs is 1. The lowest BCUT2D eigenvalue weighted by Crippen LogP contribution is -2.53. The largest absolute Gasteiger partial charge is 0.486 e. The van der Waals surface area contributed by atoms with E-state index in [1.165, 1.54) is 0 Å². The molecule has 0 aliphatic carbocycles. The van der Waals surface area contributed by atoms with Crippen LogP contribution in [0.4, 0.5) is 5.82 Å². The van der Waals surface area contributed by atoms with Crippen molar-refractivity contribution in [2.45, 2.75) is 25.5 Å². The van der Waals surface area contributed by atoms with E-state index >= 15 is 0 Å². The Morgan fingerprint density at radius 2 is 2.00 bits per heavy atom. The van der Waals surface area contributed by atoms with Gasteiger partial charge in [0.15, 0.2) is 0 Å². The standard InChI is InChI=1S/C26H25Cl2N7O/c1-15(24-21(27)12-30-13-22(24)28)36-19-4-5-23-20(9-19)25(33-32-23)17-8-16(10-29)26(31-11-17)35-7-6-18(35)14-34(2)3/h4-5,8-9,11-13,15,18H,6-7,14H2,1-3H3,(H,32,33). The van der Waals surface area contributed by atoms with Crippen LogP contribution in [0, 0.1) is 11.3 Å². The van der Waals surface area contributed by atoms with Gasteiger partial charge in [-0.2, -0.15) is 10.4 Å². The van der Waals surface area contributed by atoms with Crippen LogP contribution in [0.2, 0.25) is 10.0 Å². The van der Waals surface area contributed by atoms with E-state index in [-0.39, 0.29) is 0 Å². The molecule has 4 heterocycles. The zero-order chi connectivity index (χ0) is 25.4. The van der Waals surface area contributed by atoms with Gasteiger partial charge in [0.05, 0.1) is 21.1 Å². The molecule has 3 aromatic heterocycles. The molecule has 0 bridgehead atoms. The Kier molecular flexibility index (Phi) is 6.71. The molecule has 0 spiro atoms. The van der Waals surface area contributed by atoms with E-state index in [1.807, 2.05) is 31.2 Å². The summed E-state index contributed by atoms with van der Waals surface area (Å²) in [5.74, 6) is 1.36. The van der Waals surface area contributed by atoms with E-state index in [9.17, 15) is 5.26 Å². The first kappa shape index (κ1) is 24.3. The third-order valence-electron chi connectivity index (χ3n) is 6.40. The summed E-state index contributed by atoms with van der Waals surface area (Å²) >= 11 is 12.6. The molecule has 1 N–H and O–H groups in total. The van der Waals surface area contributed by atoms with Crippen LogP contribution in [-0.4, -0.2) is 58.3 Å². The van der Waals surface area contributed by atoms with E-state index in [0.717, 1.165) is 41.8 Å². The van der Waals surface area contributed by atoms with Gasteiger partial charge in [0.25, 0.3) is 0 Å². The van der Waals surface area contributed by atoms with E-state index < -0.39 is 6.10 Å². The smallest absolute Gasteiger partial charge is 0.146 e. The minimum absolute atomic E-state index is 0.362. The van der Waals surface area contributed by atoms with Crippen LogP contribution in [0.3, 0.4) is 0 Å². The highest BCUT2D eigenvalue weighted by molar-refractivity contribution is 6.35. The summed E-state index contributed by atoms with van der Waals surface area (Å²) in [6.45, 7) is 3.71. The molecule has 0 saturated carbocycles. The Labute approximate surface area is 219 Å². The zero-order valence-electron chi connectivity index (χ0n) is 20.2. The van der Waals surface area contributed by atoms with E-state index in [2.05, 4.69) is 50.1 Å². The lowest BCUT2D eigenvalue weighted by atomic mass is 10.0. The molecular weight excluding hydrogens is 497 g/mol. The van der Waals surface area contributed by atoms with Crippen molar-refractivity contribution in [1.29, 1.82) is 5.26 Å². The van der Waals surface area contributed by atoms with Crippen molar-refractivity contribution < 1.29 is 4.74 Å². The minimum atomic E-state index is -0.390. The fourth-order valence-electron chi connectivity index (χ4n) is 4.59. The quantitative estimate of drug-likeness (QED) is 0.344. The number of benzene rings is 1. The number of nitrogens with zero attached hydrogens (tertiary/aromatic N) is 6. The molecule has 1 aromatic carbocycles. The van der Waals surface area contributed by atoms with Crippen molar-refractivity contribution in [2.75, 3.05) is 32.1 Å². The molecule has 10 heteroatoms. The fraction of sp³-hybridized carbons (Fsp3) is 0.308. The summed E-state index contributed by atoms with van der Waals surface area (Å²) in [4.78, 5) is 13.0. The number of ether oxygens (including phenoxy) is 1. The Morgan fingerprint density at radius 3 is 2.67 bits per heavy atom. The van der Waals surface area contributed by atoms with Gasteiger partial charge in [-0.25, -0.2) is 4.98 Å². The summed E-state index contributed by atoms with van der Waals surface area (Å²) in [6, 6.07) is 10.2. The number of aromatic amines is 1. The van der Waals surface area contributed by atoms with Gasteiger partial charge in [-0.1, -0.05) is 23.2 Å². The Balaban J connectivity index is 1.45. The molecule has 1 aliphatic heterocycles. The third kappa shape index (κ3) is 4.58. The second kappa shape index (κ2) is 9.94. The number of pyridine rings is 2. The van der Waals surface area contributed by atoms with Crippen molar-refractivity contribution in [3.8, 4) is 23.1 Å². The molecule has 0 amide bonds. The van der Waals surface area contributed by atoms with Gasteiger partial charge in [-0.3, -0.25) is 10.1 Å². The van der Waals surface area contributed by atoms with Gasteiger partial charge in [0.2, 0.25) is 0 Å². The Bertz CT molecular complexity index is 1440. The summed E-state index contributed by atoms with van der Waals surface area (Å²) in [6.07, 6.45) is 5.58. The number of aromatic nitrogens is 4. The van der Waals surface area contributed by atoms with Gasteiger partial charge in [-0.15, -0.1) is 0 Å². The number of rotatable bonds is 7. The lowest BCUT2D eigenvalue weighted by molar-refractivity contribution is 0.227. The monoisotopic (exact) mass is 521 g/mol. The molecule has 1 fully saturated rings. The highest BCUT2D eigenvalue weighted by Crippen LogP contribution is 2.36. The average Bonchev–Trinajstić information content (AvgIpc) is 3.25. The van der Waals surface area contributed by atoms with Crippen LogP contribution in [0.15, 0.2) is 42.9 Å². The first-order chi connectivity index (χ1) is 17.4. The number of H-pyrrole nitrogens is 1. The fourth-order valence-corrected chi connectivity index (χ4v) is 5.26. The highest BCUT2D eigenvalue weighted by Gasteiger charge is 2.31. The Hall–Kier alpha value is -3.38. The molecule has 2 atom stereocenters. The van der Waals surface area contributed by atoms with Crippen LogP contribution in [0.5, 0.6) is 5.75 Å². The van der Waals surface area contributed by atoms with Crippen LogP contribution in [-0.2, 0) is 0 Å². The molecular formula is C26H25Cl2N7O. The number of nitriles is 1. The first-order valence-electron chi connectivity index (χ1n) is 11.6. The third-order valence-corrected chi connectivity index (χ3v) is 7.00. The SMILES string of the molecule is CC(Oc1ccc2[nH]nc(-c3cnc(N4CCC4CN(C)C)c(C#N)c3)c2c1)c1c(Cl)cncc1Cl. The van der Waals surface area contributed by atoms with Crippen LogP contribution < -0.4 is 9.64 Å². The van der Waals surface area contributed by atoms with E-state index in [1.54, 1.807) is 18.6 Å². The van der Waals surface area contributed by atoms with Gasteiger partial charge < -0.3 is 14.5 Å². The molecule has 1 saturated heterocycles. The minimum Gasteiger partial charge on any atom is -0.486 e. The van der Waals surface area contributed by atoms with Gasteiger partial charge >= 0.3 is 0 Å². The summed E-state index contributed by atoms with van der Waals surface area (Å²) in [7, 11) is 4.11. The average molecular weight is 522 g/mol. The summed E-state index contributed by atoms with van der Waals surface area (Å²) in [5, 5.41) is 19.2. The molecule has 5 rings (SSSR count). The number of nitrogens with one attached hydrogen (secondary N) is 1. The molecule has 184 valence electrons. The van der Waals surface area contributed by atoms with E-state index in [4.69, 9.17) is 27.9 Å². The molecule has 4 aromatic rings. The number of hydrogen-bond donors (Lipinski definition) is 1. The van der Waals surface area contributed by atoms with Gasteiger partial charge in [0, 0.05) is 54.2 Å². The van der Waals surface area contributed by atoms with Crippen molar-refractivity contribution in [3.05, 3.63) is 64.0 Å². The topological polar surface area (TPSA) is 94.0 Å². The van der Waals surface area contributed by atoms with E-state index in [0.29, 0.717) is 38.7 Å². The zero-order valence-corrected chi connectivity index (χ0v) is 21.7. The normalized spacial score (nSPS) is 16.1. The van der Waals surface area contributed by atoms with Crippen molar-refractivity contribution >= 4 is 39.9 Å². The predicted molar refractivity (Wildman–Crippen MR) is 142 cm³/mol. The maximum Gasteiger partial charge on any atom is 0.146 e. The number of likely N-dealkylation sites (N-methyl/N-ethyl adjacent to an activating group) is 1. The second-order valence-corrected chi connectivity index (χ2v) is 9.98. The first-order valence-corrected chi connectivity index (χ1v) is 12.4. The Morgan fingerprint density at radius 1 is 1.22 bits per heavy atom. The number of anilines is 1. The van der Waals surface area contributed by atoms with Crippen molar-refractivity contribution in [3.63, 3.8) is 0 Å². The molecule has 1 aliphatic rings. The van der Waals surface area contributed by atoms with Crippen LogP contribution in [0.1, 0.15) is 30.6 Å². The second-order valence-electron chi connectivity index (χ2n) is 9.16. The van der Waals surface area contributed by atoms with Crippen LogP contribution >= 0.6 is 23.2 Å². The number of hydrogen-bond acceptors (Lipinski definition) is 7. The molecule has 2 unspecified atom stereocenters. The van der Waals surface area contributed by atoms with Crippen LogP contribution in [0.25, 0.3) is 22.2 Å². The maximum atomic E-state index is 9.89. The molecule has 36 heavy (non-hydrogen) atoms. The number of halogens is 2. The maximum absolute atomic E-state index is 9.89. The predicted octanol–water partition coefficient (Wildman–Crippen LogP) is 5.48. The highest BCUT2D eigenvalue weighted by atomic mass is 35.5. The van der Waals surface area contributed by atoms with Gasteiger partial charge in [-0.05, 0) is 51.7 Å².